The molecule has 3 atom stereocenters. The summed E-state index contributed by atoms with van der Waals surface area (Å²) in [5, 5.41) is 0.375. The fraction of sp³-hybridized carbons (Fsp3) is 0.600. The van der Waals surface area contributed by atoms with Crippen LogP contribution in [0.3, 0.4) is 0 Å². The second-order valence-corrected chi connectivity index (χ2v) is 5.61. The minimum absolute atomic E-state index is 0.375. The summed E-state index contributed by atoms with van der Waals surface area (Å²) in [7, 11) is 0. The van der Waals surface area contributed by atoms with Gasteiger partial charge in [-0.05, 0) is 42.2 Å². The highest BCUT2D eigenvalue weighted by Crippen LogP contribution is 2.42. The van der Waals surface area contributed by atoms with E-state index in [-0.39, 0.29) is 0 Å². The van der Waals surface area contributed by atoms with Gasteiger partial charge in [-0.25, -0.2) is 0 Å². The van der Waals surface area contributed by atoms with E-state index >= 15 is 0 Å². The van der Waals surface area contributed by atoms with Gasteiger partial charge in [-0.2, -0.15) is 0 Å². The maximum Gasteiger partial charge on any atom is 0.0367 e. The Morgan fingerprint density at radius 3 is 2.75 bits per heavy atom. The molecule has 3 unspecified atom stereocenters. The van der Waals surface area contributed by atoms with E-state index in [0.29, 0.717) is 17.2 Å². The molecule has 1 aliphatic carbocycles. The lowest BCUT2D eigenvalue weighted by atomic mass is 9.89. The average Bonchev–Trinajstić information content (AvgIpc) is 2.61. The molecule has 0 nitrogen and oxygen atoms in total. The van der Waals surface area contributed by atoms with Crippen LogP contribution in [0.5, 0.6) is 0 Å². The van der Waals surface area contributed by atoms with Crippen molar-refractivity contribution in [1.29, 1.82) is 0 Å². The lowest BCUT2D eigenvalue weighted by Crippen LogP contribution is -2.09. The zero-order valence-corrected chi connectivity index (χ0v) is 11.0. The molecule has 0 spiro atoms. The highest BCUT2D eigenvalue weighted by molar-refractivity contribution is 6.21. The lowest BCUT2D eigenvalue weighted by Gasteiger charge is -2.18. The zero-order valence-electron chi connectivity index (χ0n) is 10.2. The predicted molar refractivity (Wildman–Crippen MR) is 71.2 cm³/mol. The number of halogens is 1. The largest absolute Gasteiger partial charge is 0.123 e. The SMILES string of the molecule is CCCc1cccc(C2CCC(Cl)C2C)c1. The van der Waals surface area contributed by atoms with Crippen molar-refractivity contribution in [1.82, 2.24) is 0 Å². The Bertz CT molecular complexity index is 345. The number of hydrogen-bond acceptors (Lipinski definition) is 0. The summed E-state index contributed by atoms with van der Waals surface area (Å²) in [6, 6.07) is 9.11. The van der Waals surface area contributed by atoms with Gasteiger partial charge in [0.1, 0.15) is 0 Å². The third kappa shape index (κ3) is 2.43. The Labute approximate surface area is 104 Å². The molecule has 0 aromatic heterocycles. The summed E-state index contributed by atoms with van der Waals surface area (Å²) in [5.41, 5.74) is 2.98. The normalized spacial score (nSPS) is 29.6. The summed E-state index contributed by atoms with van der Waals surface area (Å²) < 4.78 is 0. The minimum Gasteiger partial charge on any atom is -0.123 e. The van der Waals surface area contributed by atoms with Crippen molar-refractivity contribution < 1.29 is 0 Å². The van der Waals surface area contributed by atoms with Gasteiger partial charge in [0.2, 0.25) is 0 Å². The van der Waals surface area contributed by atoms with Crippen molar-refractivity contribution in [2.75, 3.05) is 0 Å². The Hall–Kier alpha value is -0.490. The Kier molecular flexibility index (Phi) is 3.91. The smallest absolute Gasteiger partial charge is 0.0367 e. The summed E-state index contributed by atoms with van der Waals surface area (Å²) in [6.45, 7) is 4.53. The molecule has 16 heavy (non-hydrogen) atoms. The van der Waals surface area contributed by atoms with E-state index in [1.54, 1.807) is 0 Å². The lowest BCUT2D eigenvalue weighted by molar-refractivity contribution is 0.537. The van der Waals surface area contributed by atoms with Crippen molar-refractivity contribution >= 4 is 11.6 Å². The topological polar surface area (TPSA) is 0 Å². The first-order chi connectivity index (χ1) is 7.72. The number of alkyl halides is 1. The summed E-state index contributed by atoms with van der Waals surface area (Å²) >= 11 is 6.31. The second-order valence-electron chi connectivity index (χ2n) is 5.05. The first kappa shape index (κ1) is 12.0. The summed E-state index contributed by atoms with van der Waals surface area (Å²) in [5.74, 6) is 1.30. The molecular formula is C15H21Cl. The quantitative estimate of drug-likeness (QED) is 0.664. The first-order valence-corrected chi connectivity index (χ1v) is 6.89. The van der Waals surface area contributed by atoms with Crippen LogP contribution in [0.1, 0.15) is 50.2 Å². The third-order valence-corrected chi connectivity index (χ3v) is 4.49. The van der Waals surface area contributed by atoms with E-state index in [2.05, 4.69) is 38.1 Å². The van der Waals surface area contributed by atoms with Crippen LogP contribution in [0.25, 0.3) is 0 Å². The van der Waals surface area contributed by atoms with Gasteiger partial charge in [0.25, 0.3) is 0 Å². The molecule has 0 saturated heterocycles. The van der Waals surface area contributed by atoms with Gasteiger partial charge >= 0.3 is 0 Å². The average molecular weight is 237 g/mol. The molecule has 2 rings (SSSR count). The molecule has 1 aliphatic rings. The second kappa shape index (κ2) is 5.23. The van der Waals surface area contributed by atoms with E-state index in [0.717, 1.165) is 0 Å². The zero-order chi connectivity index (χ0) is 11.5. The fourth-order valence-corrected chi connectivity index (χ4v) is 3.16. The molecule has 0 radical (unpaired) electrons. The maximum atomic E-state index is 6.31. The van der Waals surface area contributed by atoms with Crippen LogP contribution in [-0.2, 0) is 6.42 Å². The van der Waals surface area contributed by atoms with Crippen LogP contribution in [0.4, 0.5) is 0 Å². The van der Waals surface area contributed by atoms with Gasteiger partial charge in [0, 0.05) is 5.38 Å². The van der Waals surface area contributed by atoms with Gasteiger partial charge in [0.05, 0.1) is 0 Å². The van der Waals surface area contributed by atoms with Crippen LogP contribution in [-0.4, -0.2) is 5.38 Å². The van der Waals surface area contributed by atoms with Crippen LogP contribution >= 0.6 is 11.6 Å². The standard InChI is InChI=1S/C15H21Cl/c1-3-5-12-6-4-7-13(10-12)14-8-9-15(16)11(14)2/h4,6-7,10-11,14-15H,3,5,8-9H2,1-2H3. The monoisotopic (exact) mass is 236 g/mol. The van der Waals surface area contributed by atoms with Crippen LogP contribution < -0.4 is 0 Å². The molecule has 0 amide bonds. The summed E-state index contributed by atoms with van der Waals surface area (Å²) in [6.07, 6.45) is 4.84. The van der Waals surface area contributed by atoms with Gasteiger partial charge in [-0.3, -0.25) is 0 Å². The van der Waals surface area contributed by atoms with Crippen LogP contribution in [0.15, 0.2) is 24.3 Å². The van der Waals surface area contributed by atoms with E-state index in [1.165, 1.54) is 36.8 Å². The molecule has 1 heteroatoms. The van der Waals surface area contributed by atoms with Crippen LogP contribution in [0.2, 0.25) is 0 Å². The van der Waals surface area contributed by atoms with Gasteiger partial charge in [-0.1, -0.05) is 44.5 Å². The van der Waals surface area contributed by atoms with E-state index < -0.39 is 0 Å². The minimum atomic E-state index is 0.375. The van der Waals surface area contributed by atoms with Gasteiger partial charge in [-0.15, -0.1) is 11.6 Å². The molecule has 0 bridgehead atoms. The molecule has 0 N–H and O–H groups in total. The molecule has 1 aromatic rings. The third-order valence-electron chi connectivity index (χ3n) is 3.88. The van der Waals surface area contributed by atoms with Gasteiger partial charge < -0.3 is 0 Å². The highest BCUT2D eigenvalue weighted by Gasteiger charge is 2.32. The Morgan fingerprint density at radius 2 is 2.12 bits per heavy atom. The Morgan fingerprint density at radius 1 is 1.31 bits per heavy atom. The molecule has 1 saturated carbocycles. The molecule has 0 aliphatic heterocycles. The molecular weight excluding hydrogens is 216 g/mol. The number of rotatable bonds is 3. The van der Waals surface area contributed by atoms with E-state index in [4.69, 9.17) is 11.6 Å². The van der Waals surface area contributed by atoms with Crippen molar-refractivity contribution in [3.05, 3.63) is 35.4 Å². The van der Waals surface area contributed by atoms with Crippen molar-refractivity contribution in [3.63, 3.8) is 0 Å². The van der Waals surface area contributed by atoms with E-state index in [1.807, 2.05) is 0 Å². The molecule has 88 valence electrons. The highest BCUT2D eigenvalue weighted by atomic mass is 35.5. The molecule has 1 aromatic carbocycles. The van der Waals surface area contributed by atoms with Crippen molar-refractivity contribution in [2.45, 2.75) is 50.8 Å². The van der Waals surface area contributed by atoms with Gasteiger partial charge in [0.15, 0.2) is 0 Å². The first-order valence-electron chi connectivity index (χ1n) is 6.45. The number of aryl methyl sites for hydroxylation is 1. The predicted octanol–water partition coefficient (Wildman–Crippen LogP) is 4.76. The van der Waals surface area contributed by atoms with Crippen molar-refractivity contribution in [2.24, 2.45) is 5.92 Å². The molecule has 1 fully saturated rings. The fourth-order valence-electron chi connectivity index (χ4n) is 2.85. The molecule has 0 heterocycles. The van der Waals surface area contributed by atoms with Crippen LogP contribution in [0, 0.1) is 5.92 Å². The Balaban J connectivity index is 2.17. The number of benzene rings is 1. The summed E-state index contributed by atoms with van der Waals surface area (Å²) in [4.78, 5) is 0. The van der Waals surface area contributed by atoms with E-state index in [9.17, 15) is 0 Å². The number of hydrogen-bond donors (Lipinski definition) is 0. The maximum absolute atomic E-state index is 6.31. The van der Waals surface area contributed by atoms with Crippen molar-refractivity contribution in [3.8, 4) is 0 Å².